The van der Waals surface area contributed by atoms with Crippen LogP contribution in [0.5, 0.6) is 0 Å². The first kappa shape index (κ1) is 16.1. The maximum absolute atomic E-state index is 9.49. The molecule has 5 heteroatoms. The summed E-state index contributed by atoms with van der Waals surface area (Å²) in [5.74, 6) is -1.19. The smallest absolute Gasteiger partial charge is 0.0666 e. The lowest BCUT2D eigenvalue weighted by molar-refractivity contribution is -0.299. The fourth-order valence-corrected chi connectivity index (χ4v) is 1.37. The molecule has 0 spiro atoms. The molecule has 1 aliphatic heterocycles. The molecule has 1 aliphatic rings. The van der Waals surface area contributed by atoms with Crippen molar-refractivity contribution >= 4 is 5.97 Å². The minimum atomic E-state index is -1.19. The predicted octanol–water partition coefficient (Wildman–Crippen LogP) is -1.07. The van der Waals surface area contributed by atoms with Gasteiger partial charge in [0.15, 0.2) is 0 Å². The Morgan fingerprint density at radius 2 is 1.82 bits per heavy atom. The Kier molecular flexibility index (Phi) is 8.66. The van der Waals surface area contributed by atoms with Crippen LogP contribution in [0.2, 0.25) is 0 Å². The van der Waals surface area contributed by atoms with Crippen LogP contribution in [-0.4, -0.2) is 67.3 Å². The monoisotopic (exact) mass is 243 g/mol. The number of hydrogen-bond acceptors (Lipinski definition) is 5. The molecule has 0 aromatic carbocycles. The standard InChI is InChI=1S/C8H18N2O.C4H6O2/c1-9-4-6-10(7-5-9)3-2-8-11;1-3(2)4(5)6/h11H,2-8H2,1H3;1H2,2H3,(H,5,6)/p-1. The van der Waals surface area contributed by atoms with E-state index in [9.17, 15) is 9.90 Å². The summed E-state index contributed by atoms with van der Waals surface area (Å²) in [5.41, 5.74) is 0.0648. The molecule has 100 valence electrons. The number of carboxylic acid groups (broad SMARTS) is 1. The third-order valence-corrected chi connectivity index (χ3v) is 2.58. The summed E-state index contributed by atoms with van der Waals surface area (Å²) in [5, 5.41) is 18.1. The van der Waals surface area contributed by atoms with E-state index in [0.717, 1.165) is 26.1 Å². The Morgan fingerprint density at radius 1 is 1.35 bits per heavy atom. The first-order valence-electron chi connectivity index (χ1n) is 5.86. The van der Waals surface area contributed by atoms with Gasteiger partial charge in [0.1, 0.15) is 0 Å². The van der Waals surface area contributed by atoms with Gasteiger partial charge in [-0.25, -0.2) is 0 Å². The highest BCUT2D eigenvalue weighted by Crippen LogP contribution is 1.99. The van der Waals surface area contributed by atoms with E-state index in [1.165, 1.54) is 20.0 Å². The summed E-state index contributed by atoms with van der Waals surface area (Å²) in [4.78, 5) is 14.2. The normalized spacial score (nSPS) is 17.1. The van der Waals surface area contributed by atoms with Crippen LogP contribution in [0, 0.1) is 0 Å². The number of piperazine rings is 1. The minimum absolute atomic E-state index is 0.0648. The topological polar surface area (TPSA) is 66.8 Å². The summed E-state index contributed by atoms with van der Waals surface area (Å²) in [6.07, 6.45) is 0.920. The molecular formula is C12H23N2O3-. The van der Waals surface area contributed by atoms with Gasteiger partial charge in [-0.15, -0.1) is 0 Å². The van der Waals surface area contributed by atoms with Crippen molar-refractivity contribution in [2.75, 3.05) is 46.4 Å². The number of aliphatic hydroxyl groups excluding tert-OH is 1. The molecule has 5 nitrogen and oxygen atoms in total. The average molecular weight is 243 g/mol. The number of aliphatic carboxylic acids is 1. The zero-order valence-electron chi connectivity index (χ0n) is 10.8. The largest absolute Gasteiger partial charge is 0.545 e. The van der Waals surface area contributed by atoms with Crippen molar-refractivity contribution in [3.63, 3.8) is 0 Å². The quantitative estimate of drug-likeness (QED) is 0.637. The number of hydrogen-bond donors (Lipinski definition) is 1. The molecule has 0 bridgehead atoms. The van der Waals surface area contributed by atoms with Crippen molar-refractivity contribution in [2.45, 2.75) is 13.3 Å². The zero-order valence-corrected chi connectivity index (χ0v) is 10.8. The van der Waals surface area contributed by atoms with E-state index in [2.05, 4.69) is 23.4 Å². The molecule has 0 aromatic heterocycles. The van der Waals surface area contributed by atoms with Gasteiger partial charge in [0.25, 0.3) is 0 Å². The summed E-state index contributed by atoms with van der Waals surface area (Å²) < 4.78 is 0. The first-order chi connectivity index (χ1) is 7.97. The SMILES string of the molecule is C=C(C)C(=O)[O-].CN1CCN(CCCO)CC1. The second kappa shape index (κ2) is 9.15. The van der Waals surface area contributed by atoms with Gasteiger partial charge in [0, 0.05) is 39.3 Å². The average Bonchev–Trinajstić information content (AvgIpc) is 2.29. The number of rotatable bonds is 4. The van der Waals surface area contributed by atoms with E-state index in [1.54, 1.807) is 0 Å². The van der Waals surface area contributed by atoms with Crippen molar-refractivity contribution in [1.82, 2.24) is 9.80 Å². The molecule has 0 unspecified atom stereocenters. The summed E-state index contributed by atoms with van der Waals surface area (Å²) in [6, 6.07) is 0. The van der Waals surface area contributed by atoms with Gasteiger partial charge in [-0.1, -0.05) is 6.58 Å². The Morgan fingerprint density at radius 3 is 2.18 bits per heavy atom. The van der Waals surface area contributed by atoms with E-state index in [0.29, 0.717) is 6.61 Å². The zero-order chi connectivity index (χ0) is 13.3. The van der Waals surface area contributed by atoms with E-state index >= 15 is 0 Å². The lowest BCUT2D eigenvalue weighted by atomic mass is 10.3. The van der Waals surface area contributed by atoms with E-state index in [4.69, 9.17) is 5.11 Å². The minimum Gasteiger partial charge on any atom is -0.545 e. The van der Waals surface area contributed by atoms with Gasteiger partial charge < -0.3 is 24.8 Å². The highest BCUT2D eigenvalue weighted by molar-refractivity contribution is 5.82. The molecule has 1 fully saturated rings. The lowest BCUT2D eigenvalue weighted by Gasteiger charge is -2.32. The number of carboxylic acids is 1. The van der Waals surface area contributed by atoms with E-state index in [-0.39, 0.29) is 5.57 Å². The van der Waals surface area contributed by atoms with Crippen molar-refractivity contribution in [1.29, 1.82) is 0 Å². The molecule has 1 saturated heterocycles. The van der Waals surface area contributed by atoms with Crippen LogP contribution < -0.4 is 5.11 Å². The van der Waals surface area contributed by atoms with E-state index in [1.807, 2.05) is 0 Å². The van der Waals surface area contributed by atoms with Crippen LogP contribution in [0.3, 0.4) is 0 Å². The molecule has 0 amide bonds. The molecule has 0 radical (unpaired) electrons. The Labute approximate surface area is 103 Å². The van der Waals surface area contributed by atoms with Gasteiger partial charge >= 0.3 is 0 Å². The number of carbonyl (C=O) groups is 1. The Balaban J connectivity index is 0.000000366. The summed E-state index contributed by atoms with van der Waals surface area (Å²) in [7, 11) is 2.16. The van der Waals surface area contributed by atoms with Crippen LogP contribution in [0.4, 0.5) is 0 Å². The molecule has 1 N–H and O–H groups in total. The second-order valence-electron chi connectivity index (χ2n) is 4.29. The summed E-state index contributed by atoms with van der Waals surface area (Å²) in [6.45, 7) is 10.5. The van der Waals surface area contributed by atoms with E-state index < -0.39 is 5.97 Å². The van der Waals surface area contributed by atoms with Crippen molar-refractivity contribution in [3.05, 3.63) is 12.2 Å². The Bertz CT molecular complexity index is 221. The molecule has 0 aliphatic carbocycles. The number of carbonyl (C=O) groups excluding carboxylic acids is 1. The fourth-order valence-electron chi connectivity index (χ4n) is 1.37. The summed E-state index contributed by atoms with van der Waals surface area (Å²) >= 11 is 0. The molecule has 1 heterocycles. The molecular weight excluding hydrogens is 220 g/mol. The maximum atomic E-state index is 9.49. The first-order valence-corrected chi connectivity index (χ1v) is 5.86. The predicted molar refractivity (Wildman–Crippen MR) is 65.5 cm³/mol. The third kappa shape index (κ3) is 8.85. The molecule has 1 rings (SSSR count). The molecule has 17 heavy (non-hydrogen) atoms. The van der Waals surface area contributed by atoms with Crippen LogP contribution >= 0.6 is 0 Å². The molecule has 0 aromatic rings. The van der Waals surface area contributed by atoms with Crippen LogP contribution in [0.25, 0.3) is 0 Å². The van der Waals surface area contributed by atoms with Crippen LogP contribution in [0.1, 0.15) is 13.3 Å². The highest BCUT2D eigenvalue weighted by Gasteiger charge is 2.12. The van der Waals surface area contributed by atoms with Gasteiger partial charge in [0.2, 0.25) is 0 Å². The lowest BCUT2D eigenvalue weighted by Crippen LogP contribution is -2.44. The van der Waals surface area contributed by atoms with Crippen molar-refractivity contribution in [3.8, 4) is 0 Å². The van der Waals surface area contributed by atoms with Gasteiger partial charge in [-0.05, 0) is 26.0 Å². The van der Waals surface area contributed by atoms with Crippen molar-refractivity contribution < 1.29 is 15.0 Å². The third-order valence-electron chi connectivity index (χ3n) is 2.58. The van der Waals surface area contributed by atoms with Crippen LogP contribution in [0.15, 0.2) is 12.2 Å². The fraction of sp³-hybridized carbons (Fsp3) is 0.750. The highest BCUT2D eigenvalue weighted by atomic mass is 16.4. The van der Waals surface area contributed by atoms with Gasteiger partial charge in [0.05, 0.1) is 5.97 Å². The number of likely N-dealkylation sites (N-methyl/N-ethyl adjacent to an activating group) is 1. The van der Waals surface area contributed by atoms with Crippen LogP contribution in [-0.2, 0) is 4.79 Å². The Hall–Kier alpha value is -0.910. The van der Waals surface area contributed by atoms with Crippen molar-refractivity contribution in [2.24, 2.45) is 0 Å². The number of nitrogens with zero attached hydrogens (tertiary/aromatic N) is 2. The molecule has 0 saturated carbocycles. The maximum Gasteiger partial charge on any atom is 0.0666 e. The second-order valence-corrected chi connectivity index (χ2v) is 4.29. The number of aliphatic hydroxyl groups is 1. The van der Waals surface area contributed by atoms with Gasteiger partial charge in [-0.3, -0.25) is 0 Å². The molecule has 0 atom stereocenters. The van der Waals surface area contributed by atoms with Gasteiger partial charge in [-0.2, -0.15) is 0 Å².